The van der Waals surface area contributed by atoms with Crippen molar-refractivity contribution in [3.63, 3.8) is 0 Å². The molecule has 2 aromatic carbocycles. The summed E-state index contributed by atoms with van der Waals surface area (Å²) in [4.78, 5) is 16.8. The smallest absolute Gasteiger partial charge is 0.260 e. The molecule has 0 saturated carbocycles. The highest BCUT2D eigenvalue weighted by Crippen LogP contribution is 2.27. The molecule has 1 aliphatic heterocycles. The molecule has 0 unspecified atom stereocenters. The Morgan fingerprint density at radius 2 is 1.69 bits per heavy atom. The first-order valence-electron chi connectivity index (χ1n) is 12.3. The van der Waals surface area contributed by atoms with Crippen LogP contribution in [0.15, 0.2) is 54.6 Å². The molecule has 1 aromatic heterocycles. The lowest BCUT2D eigenvalue weighted by Gasteiger charge is -2.35. The zero-order valence-electron chi connectivity index (χ0n) is 21.0. The molecule has 4 rings (SSSR count). The summed E-state index contributed by atoms with van der Waals surface area (Å²) in [5.41, 5.74) is 4.07. The Morgan fingerprint density at radius 3 is 2.31 bits per heavy atom. The normalized spacial score (nSPS) is 13.7. The zero-order valence-corrected chi connectivity index (χ0v) is 21.0. The maximum atomic E-state index is 12.8. The van der Waals surface area contributed by atoms with Gasteiger partial charge in [0.1, 0.15) is 11.5 Å². The molecule has 184 valence electrons. The van der Waals surface area contributed by atoms with E-state index in [1.54, 1.807) is 0 Å². The third-order valence-corrected chi connectivity index (χ3v) is 6.21. The van der Waals surface area contributed by atoms with Gasteiger partial charge in [-0.2, -0.15) is 0 Å². The number of nitrogens with zero attached hydrogens (tertiary/aromatic N) is 4. The minimum absolute atomic E-state index is 0.0118. The number of anilines is 1. The lowest BCUT2D eigenvalue weighted by Crippen LogP contribution is -2.50. The summed E-state index contributed by atoms with van der Waals surface area (Å²) >= 11 is 0. The Morgan fingerprint density at radius 1 is 0.943 bits per heavy atom. The van der Waals surface area contributed by atoms with Crippen LogP contribution in [0.4, 0.5) is 5.82 Å². The first-order chi connectivity index (χ1) is 16.9. The first kappa shape index (κ1) is 24.5. The monoisotopic (exact) mass is 474 g/mol. The lowest BCUT2D eigenvalue weighted by molar-refractivity contribution is -0.133. The van der Waals surface area contributed by atoms with Gasteiger partial charge in [0.25, 0.3) is 5.91 Å². The summed E-state index contributed by atoms with van der Waals surface area (Å²) in [5, 5.41) is 8.85. The number of piperazine rings is 1. The van der Waals surface area contributed by atoms with E-state index in [4.69, 9.17) is 9.47 Å². The van der Waals surface area contributed by atoms with Crippen LogP contribution in [0.3, 0.4) is 0 Å². The molecule has 0 radical (unpaired) electrons. The van der Waals surface area contributed by atoms with Gasteiger partial charge in [0.05, 0.1) is 12.3 Å². The van der Waals surface area contributed by atoms with Crippen LogP contribution in [-0.4, -0.2) is 60.4 Å². The Balaban J connectivity index is 1.30. The van der Waals surface area contributed by atoms with E-state index in [1.165, 1.54) is 0 Å². The number of aromatic nitrogens is 2. The first-order valence-corrected chi connectivity index (χ1v) is 12.3. The fourth-order valence-corrected chi connectivity index (χ4v) is 4.20. The molecular formula is C28H34N4O3. The highest BCUT2D eigenvalue weighted by atomic mass is 16.5. The number of carbonyl (C=O) groups excluding carboxylic acids is 1. The molecule has 0 atom stereocenters. The van der Waals surface area contributed by atoms with E-state index in [-0.39, 0.29) is 12.5 Å². The number of benzene rings is 2. The molecule has 1 amide bonds. The van der Waals surface area contributed by atoms with Gasteiger partial charge in [0.15, 0.2) is 12.4 Å². The van der Waals surface area contributed by atoms with Gasteiger partial charge in [-0.3, -0.25) is 4.79 Å². The standard InChI is InChI=1S/C28H34N4O3/c1-5-34-23-9-7-22(8-10-23)25-12-13-27(30-29-25)31-14-16-32(17-15-31)28(33)19-35-26-18-21(4)6-11-24(26)20(2)3/h6-13,18,20H,5,14-17,19H2,1-4H3. The van der Waals surface area contributed by atoms with E-state index in [1.807, 2.05) is 61.2 Å². The molecular weight excluding hydrogens is 440 g/mol. The molecule has 1 saturated heterocycles. The zero-order chi connectivity index (χ0) is 24.8. The fourth-order valence-electron chi connectivity index (χ4n) is 4.20. The summed E-state index contributed by atoms with van der Waals surface area (Å²) in [6.45, 7) is 11.7. The Labute approximate surface area is 207 Å². The molecule has 3 aromatic rings. The van der Waals surface area contributed by atoms with Crippen LogP contribution in [-0.2, 0) is 4.79 Å². The minimum atomic E-state index is 0.0118. The Bertz CT molecular complexity index is 1120. The summed E-state index contributed by atoms with van der Waals surface area (Å²) in [7, 11) is 0. The third kappa shape index (κ3) is 6.10. The molecule has 0 bridgehead atoms. The van der Waals surface area contributed by atoms with Crippen LogP contribution in [0.25, 0.3) is 11.3 Å². The van der Waals surface area contributed by atoms with Crippen molar-refractivity contribution in [1.82, 2.24) is 15.1 Å². The molecule has 7 heteroatoms. The number of ether oxygens (including phenoxy) is 2. The van der Waals surface area contributed by atoms with Crippen LogP contribution in [0.1, 0.15) is 37.8 Å². The van der Waals surface area contributed by atoms with E-state index >= 15 is 0 Å². The largest absolute Gasteiger partial charge is 0.494 e. The molecule has 0 aliphatic carbocycles. The van der Waals surface area contributed by atoms with E-state index in [0.29, 0.717) is 38.7 Å². The number of amides is 1. The van der Waals surface area contributed by atoms with E-state index in [9.17, 15) is 4.79 Å². The van der Waals surface area contributed by atoms with Crippen molar-refractivity contribution in [3.8, 4) is 22.8 Å². The van der Waals surface area contributed by atoms with Crippen LogP contribution < -0.4 is 14.4 Å². The molecule has 0 spiro atoms. The summed E-state index contributed by atoms with van der Waals surface area (Å²) < 4.78 is 11.4. The van der Waals surface area contributed by atoms with Crippen LogP contribution in [0, 0.1) is 6.92 Å². The fraction of sp³-hybridized carbons (Fsp3) is 0.393. The second kappa shape index (κ2) is 11.2. The van der Waals surface area contributed by atoms with Crippen LogP contribution in [0.5, 0.6) is 11.5 Å². The van der Waals surface area contributed by atoms with Gasteiger partial charge in [-0.1, -0.05) is 26.0 Å². The highest BCUT2D eigenvalue weighted by Gasteiger charge is 2.23. The summed E-state index contributed by atoms with van der Waals surface area (Å²) in [6, 6.07) is 18.0. The van der Waals surface area contributed by atoms with Crippen molar-refractivity contribution in [2.24, 2.45) is 0 Å². The highest BCUT2D eigenvalue weighted by molar-refractivity contribution is 5.78. The average Bonchev–Trinajstić information content (AvgIpc) is 2.88. The van der Waals surface area contributed by atoms with Crippen molar-refractivity contribution in [3.05, 3.63) is 65.7 Å². The quantitative estimate of drug-likeness (QED) is 0.471. The van der Waals surface area contributed by atoms with Crippen LogP contribution in [0.2, 0.25) is 0 Å². The maximum absolute atomic E-state index is 12.8. The van der Waals surface area contributed by atoms with Gasteiger partial charge in [0, 0.05) is 31.7 Å². The van der Waals surface area contributed by atoms with Crippen molar-refractivity contribution in [1.29, 1.82) is 0 Å². The molecule has 1 fully saturated rings. The van der Waals surface area contributed by atoms with E-state index < -0.39 is 0 Å². The third-order valence-electron chi connectivity index (χ3n) is 6.21. The van der Waals surface area contributed by atoms with Crippen molar-refractivity contribution in [2.75, 3.05) is 44.3 Å². The Hall–Kier alpha value is -3.61. The number of carbonyl (C=O) groups is 1. The van der Waals surface area contributed by atoms with Crippen molar-refractivity contribution >= 4 is 11.7 Å². The van der Waals surface area contributed by atoms with Crippen LogP contribution >= 0.6 is 0 Å². The van der Waals surface area contributed by atoms with Gasteiger partial charge >= 0.3 is 0 Å². The SMILES string of the molecule is CCOc1ccc(-c2ccc(N3CCN(C(=O)COc4cc(C)ccc4C(C)C)CC3)nn2)cc1. The summed E-state index contributed by atoms with van der Waals surface area (Å²) in [5.74, 6) is 2.82. The Kier molecular flexibility index (Phi) is 7.85. The van der Waals surface area contributed by atoms with Crippen molar-refractivity contribution in [2.45, 2.75) is 33.6 Å². The molecule has 35 heavy (non-hydrogen) atoms. The summed E-state index contributed by atoms with van der Waals surface area (Å²) in [6.07, 6.45) is 0. The molecule has 0 N–H and O–H groups in total. The van der Waals surface area contributed by atoms with Gasteiger partial charge in [-0.15, -0.1) is 10.2 Å². The maximum Gasteiger partial charge on any atom is 0.260 e. The minimum Gasteiger partial charge on any atom is -0.494 e. The van der Waals surface area contributed by atoms with Crippen molar-refractivity contribution < 1.29 is 14.3 Å². The van der Waals surface area contributed by atoms with E-state index in [2.05, 4.69) is 41.1 Å². The molecule has 2 heterocycles. The topological polar surface area (TPSA) is 67.8 Å². The van der Waals surface area contributed by atoms with Gasteiger partial charge in [-0.05, 0) is 73.4 Å². The second-order valence-electron chi connectivity index (χ2n) is 9.09. The van der Waals surface area contributed by atoms with Gasteiger partial charge in [-0.25, -0.2) is 0 Å². The number of rotatable bonds is 8. The molecule has 1 aliphatic rings. The number of aryl methyl sites for hydroxylation is 1. The average molecular weight is 475 g/mol. The number of hydrogen-bond acceptors (Lipinski definition) is 6. The predicted molar refractivity (Wildman–Crippen MR) is 138 cm³/mol. The van der Waals surface area contributed by atoms with Gasteiger partial charge in [0.2, 0.25) is 0 Å². The number of hydrogen-bond donors (Lipinski definition) is 0. The van der Waals surface area contributed by atoms with E-state index in [0.717, 1.165) is 39.7 Å². The second-order valence-corrected chi connectivity index (χ2v) is 9.09. The lowest BCUT2D eigenvalue weighted by atomic mass is 10.0. The predicted octanol–water partition coefficient (Wildman–Crippen LogP) is 4.70. The van der Waals surface area contributed by atoms with Gasteiger partial charge < -0.3 is 19.3 Å². The molecule has 7 nitrogen and oxygen atoms in total.